The van der Waals surface area contributed by atoms with Crippen LogP contribution in [0.15, 0.2) is 77.2 Å². The van der Waals surface area contributed by atoms with E-state index in [1.807, 2.05) is 18.2 Å². The Balaban J connectivity index is 1.33. The number of hydrogen-bond donors (Lipinski definition) is 1. The molecule has 0 fully saturated rings. The highest BCUT2D eigenvalue weighted by Crippen LogP contribution is 2.30. The number of carbonyl (C=O) groups is 2. The Hall–Kier alpha value is -4.40. The van der Waals surface area contributed by atoms with Gasteiger partial charge in [-0.15, -0.1) is 0 Å². The summed E-state index contributed by atoms with van der Waals surface area (Å²) in [6, 6.07) is 20.6. The molecule has 2 amide bonds. The lowest BCUT2D eigenvalue weighted by atomic mass is 10.1. The molecule has 4 rings (SSSR count). The predicted octanol–water partition coefficient (Wildman–Crippen LogP) is 5.50. The second-order valence-corrected chi connectivity index (χ2v) is 8.09. The van der Waals surface area contributed by atoms with E-state index in [1.165, 1.54) is 18.1 Å². The maximum Gasteiger partial charge on any atom is 0.387 e. The molecule has 9 heteroatoms. The van der Waals surface area contributed by atoms with E-state index in [0.717, 1.165) is 10.9 Å². The number of amides is 2. The number of likely N-dealkylation sites (N-methyl/N-ethyl adjacent to an activating group) is 1. The summed E-state index contributed by atoms with van der Waals surface area (Å²) in [4.78, 5) is 26.7. The van der Waals surface area contributed by atoms with E-state index >= 15 is 0 Å². The van der Waals surface area contributed by atoms with Crippen LogP contribution in [0.3, 0.4) is 0 Å². The third-order valence-electron chi connectivity index (χ3n) is 5.51. The normalized spacial score (nSPS) is 10.9. The number of benzene rings is 3. The molecule has 0 saturated heterocycles. The number of ether oxygens (including phenoxy) is 2. The Bertz CT molecular complexity index is 1340. The van der Waals surface area contributed by atoms with E-state index in [2.05, 4.69) is 10.1 Å². The molecule has 0 aliphatic rings. The first kappa shape index (κ1) is 24.7. The lowest BCUT2D eigenvalue weighted by molar-refractivity contribution is -0.129. The Morgan fingerprint density at radius 2 is 1.69 bits per heavy atom. The minimum Gasteiger partial charge on any atom is -0.493 e. The van der Waals surface area contributed by atoms with Crippen LogP contribution >= 0.6 is 0 Å². The zero-order valence-corrected chi connectivity index (χ0v) is 19.7. The zero-order valence-electron chi connectivity index (χ0n) is 19.7. The highest BCUT2D eigenvalue weighted by molar-refractivity contribution is 6.04. The molecule has 0 saturated carbocycles. The number of halogens is 2. The molecule has 0 unspecified atom stereocenters. The number of nitrogens with one attached hydrogen (secondary N) is 1. The average Bonchev–Trinajstić information content (AvgIpc) is 3.30. The van der Waals surface area contributed by atoms with Crippen molar-refractivity contribution in [2.24, 2.45) is 0 Å². The molecule has 0 aliphatic heterocycles. The first-order valence-electron chi connectivity index (χ1n) is 11.1. The lowest BCUT2D eigenvalue weighted by Gasteiger charge is -2.19. The molecule has 186 valence electrons. The number of para-hydroxylation sites is 1. The number of anilines is 1. The van der Waals surface area contributed by atoms with Gasteiger partial charge in [-0.1, -0.05) is 36.4 Å². The highest BCUT2D eigenvalue weighted by Gasteiger charge is 2.15. The number of fused-ring (bicyclic) bond motifs is 1. The molecule has 0 bridgehead atoms. The van der Waals surface area contributed by atoms with Crippen molar-refractivity contribution in [3.05, 3.63) is 89.7 Å². The van der Waals surface area contributed by atoms with E-state index < -0.39 is 6.61 Å². The molecular weight excluding hydrogens is 470 g/mol. The molecule has 0 spiro atoms. The van der Waals surface area contributed by atoms with E-state index in [1.54, 1.807) is 55.6 Å². The van der Waals surface area contributed by atoms with Gasteiger partial charge in [-0.05, 0) is 47.5 Å². The number of carbonyl (C=O) groups excluding carboxylic acids is 2. The molecular formula is C27H24F2N2O5. The Kier molecular flexibility index (Phi) is 7.48. The van der Waals surface area contributed by atoms with Crippen LogP contribution < -0.4 is 14.8 Å². The largest absolute Gasteiger partial charge is 0.493 e. The third kappa shape index (κ3) is 5.99. The van der Waals surface area contributed by atoms with E-state index in [0.29, 0.717) is 16.8 Å². The summed E-state index contributed by atoms with van der Waals surface area (Å²) >= 11 is 0. The van der Waals surface area contributed by atoms with Crippen LogP contribution in [0.1, 0.15) is 21.7 Å². The number of methoxy groups -OCH3 is 1. The quantitative estimate of drug-likeness (QED) is 0.333. The number of nitrogens with zero attached hydrogens (tertiary/aromatic N) is 1. The van der Waals surface area contributed by atoms with Gasteiger partial charge < -0.3 is 24.1 Å². The van der Waals surface area contributed by atoms with Gasteiger partial charge in [-0.3, -0.25) is 9.59 Å². The Labute approximate surface area is 206 Å². The number of hydrogen-bond acceptors (Lipinski definition) is 5. The second-order valence-electron chi connectivity index (χ2n) is 8.09. The van der Waals surface area contributed by atoms with Gasteiger partial charge in [0.2, 0.25) is 5.91 Å². The Morgan fingerprint density at radius 1 is 0.972 bits per heavy atom. The van der Waals surface area contributed by atoms with Crippen LogP contribution in [0.25, 0.3) is 11.0 Å². The minimum atomic E-state index is -2.96. The molecule has 1 heterocycles. The van der Waals surface area contributed by atoms with E-state index in [9.17, 15) is 18.4 Å². The molecule has 1 aromatic heterocycles. The Morgan fingerprint density at radius 3 is 2.39 bits per heavy atom. The number of rotatable bonds is 9. The van der Waals surface area contributed by atoms with Gasteiger partial charge >= 0.3 is 6.61 Å². The van der Waals surface area contributed by atoms with E-state index in [4.69, 9.17) is 9.15 Å². The summed E-state index contributed by atoms with van der Waals surface area (Å²) in [6.45, 7) is -2.70. The van der Waals surface area contributed by atoms with Crippen molar-refractivity contribution in [2.75, 3.05) is 19.5 Å². The van der Waals surface area contributed by atoms with Crippen LogP contribution in [0.2, 0.25) is 0 Å². The first-order valence-corrected chi connectivity index (χ1v) is 11.1. The molecule has 3 aromatic carbocycles. The van der Waals surface area contributed by atoms with Gasteiger partial charge in [0.15, 0.2) is 17.3 Å². The molecule has 1 N–H and O–H groups in total. The summed E-state index contributed by atoms with van der Waals surface area (Å²) in [5, 5.41) is 3.63. The van der Waals surface area contributed by atoms with Crippen molar-refractivity contribution in [3.63, 3.8) is 0 Å². The number of furan rings is 1. The summed E-state index contributed by atoms with van der Waals surface area (Å²) in [5.41, 5.74) is 2.68. The van der Waals surface area contributed by atoms with Crippen LogP contribution in [-0.4, -0.2) is 37.5 Å². The number of alkyl halides is 2. The van der Waals surface area contributed by atoms with E-state index in [-0.39, 0.29) is 42.0 Å². The summed E-state index contributed by atoms with van der Waals surface area (Å²) in [6.07, 6.45) is 0.151. The van der Waals surface area contributed by atoms with Crippen LogP contribution in [0.4, 0.5) is 14.5 Å². The predicted molar refractivity (Wildman–Crippen MR) is 130 cm³/mol. The minimum absolute atomic E-state index is 0.0715. The zero-order chi connectivity index (χ0) is 25.7. The maximum atomic E-state index is 12.7. The molecule has 0 aliphatic carbocycles. The molecule has 0 atom stereocenters. The van der Waals surface area contributed by atoms with Crippen molar-refractivity contribution < 1.29 is 32.3 Å². The summed E-state index contributed by atoms with van der Waals surface area (Å²) < 4.78 is 40.1. The molecule has 36 heavy (non-hydrogen) atoms. The topological polar surface area (TPSA) is 81.0 Å². The van der Waals surface area contributed by atoms with Crippen molar-refractivity contribution in [2.45, 2.75) is 19.6 Å². The highest BCUT2D eigenvalue weighted by atomic mass is 19.3. The van der Waals surface area contributed by atoms with Gasteiger partial charge in [-0.2, -0.15) is 8.78 Å². The molecule has 0 radical (unpaired) electrons. The van der Waals surface area contributed by atoms with Crippen molar-refractivity contribution in [3.8, 4) is 11.5 Å². The monoisotopic (exact) mass is 494 g/mol. The van der Waals surface area contributed by atoms with Crippen molar-refractivity contribution in [1.29, 1.82) is 0 Å². The summed E-state index contributed by atoms with van der Waals surface area (Å²) in [7, 11) is 3.01. The average molecular weight is 494 g/mol. The van der Waals surface area contributed by atoms with Gasteiger partial charge in [0.1, 0.15) is 5.58 Å². The maximum absolute atomic E-state index is 12.7. The van der Waals surface area contributed by atoms with Gasteiger partial charge in [0.25, 0.3) is 5.91 Å². The smallest absolute Gasteiger partial charge is 0.387 e. The fraction of sp³-hybridized carbons (Fsp3) is 0.185. The fourth-order valence-corrected chi connectivity index (χ4v) is 3.67. The SMILES string of the molecule is COc1cc(CN(C)C(=O)Cc2ccc(NC(=O)c3cc4ccccc4o3)cc2)ccc1OC(F)F. The van der Waals surface area contributed by atoms with Crippen LogP contribution in [0.5, 0.6) is 11.5 Å². The first-order chi connectivity index (χ1) is 17.3. The van der Waals surface area contributed by atoms with Crippen molar-refractivity contribution in [1.82, 2.24) is 4.90 Å². The molecule has 7 nitrogen and oxygen atoms in total. The fourth-order valence-electron chi connectivity index (χ4n) is 3.67. The second kappa shape index (κ2) is 10.9. The van der Waals surface area contributed by atoms with Gasteiger partial charge in [-0.25, -0.2) is 0 Å². The third-order valence-corrected chi connectivity index (χ3v) is 5.51. The van der Waals surface area contributed by atoms with Gasteiger partial charge in [0.05, 0.1) is 13.5 Å². The van der Waals surface area contributed by atoms with Crippen LogP contribution in [-0.2, 0) is 17.8 Å². The molecule has 4 aromatic rings. The van der Waals surface area contributed by atoms with Crippen LogP contribution in [0, 0.1) is 0 Å². The summed E-state index contributed by atoms with van der Waals surface area (Å²) in [5.74, 6) is -0.203. The van der Waals surface area contributed by atoms with Crippen molar-refractivity contribution >= 4 is 28.5 Å². The lowest BCUT2D eigenvalue weighted by Crippen LogP contribution is -2.27. The standard InChI is InChI=1S/C27H24F2N2O5/c1-31(16-18-9-12-22(36-27(28)29)23(13-18)34-2)25(32)14-17-7-10-20(11-8-17)30-26(33)24-15-19-5-3-4-6-21(19)35-24/h3-13,15,27H,14,16H2,1-2H3,(H,30,33). The van der Waals surface area contributed by atoms with Gasteiger partial charge in [0, 0.05) is 24.7 Å².